The molecule has 1 aromatic heterocycles. The number of aromatic nitrogens is 1. The van der Waals surface area contributed by atoms with Crippen LogP contribution >= 0.6 is 11.3 Å². The number of methoxy groups -OCH3 is 1. The van der Waals surface area contributed by atoms with Crippen LogP contribution in [-0.2, 0) is 10.9 Å². The van der Waals surface area contributed by atoms with Gasteiger partial charge in [0.2, 0.25) is 0 Å². The van der Waals surface area contributed by atoms with E-state index in [1.807, 2.05) is 0 Å². The van der Waals surface area contributed by atoms with Gasteiger partial charge in [-0.1, -0.05) is 30.1 Å². The van der Waals surface area contributed by atoms with Gasteiger partial charge in [-0.25, -0.2) is 13.8 Å². The smallest absolute Gasteiger partial charge is 0.416 e. The largest absolute Gasteiger partial charge is 0.489 e. The number of carbonyl (C=O) groups is 1. The number of nitrogens with one attached hydrogen (secondary N) is 1. The fraction of sp³-hybridized carbons (Fsp3) is 0.182. The van der Waals surface area contributed by atoms with Crippen molar-refractivity contribution in [2.45, 2.75) is 12.5 Å². The van der Waals surface area contributed by atoms with Gasteiger partial charge in [0.25, 0.3) is 5.91 Å². The topological polar surface area (TPSA) is 80.7 Å². The van der Waals surface area contributed by atoms with Crippen LogP contribution < -0.4 is 10.1 Å². The molecule has 12 heteroatoms. The summed E-state index contributed by atoms with van der Waals surface area (Å²) in [7, 11) is 1.13. The number of thiazole rings is 1. The number of aliphatic hydroxyl groups excluding tert-OH is 1. The molecule has 1 amide bonds. The van der Waals surface area contributed by atoms with Crippen molar-refractivity contribution in [1.82, 2.24) is 4.98 Å². The first-order valence-corrected chi connectivity index (χ1v) is 10.3. The van der Waals surface area contributed by atoms with Crippen molar-refractivity contribution in [1.29, 1.82) is 0 Å². The highest BCUT2D eigenvalue weighted by Gasteiger charge is 2.33. The van der Waals surface area contributed by atoms with Gasteiger partial charge in [0, 0.05) is 12.7 Å². The second kappa shape index (κ2) is 10.3. The maximum Gasteiger partial charge on any atom is 0.416 e. The third kappa shape index (κ3) is 5.41. The summed E-state index contributed by atoms with van der Waals surface area (Å²) in [5, 5.41) is 12.2. The number of carbonyl (C=O) groups excluding carboxylic acids is 1. The molecule has 0 saturated heterocycles. The minimum absolute atomic E-state index is 0.0131. The summed E-state index contributed by atoms with van der Waals surface area (Å²) >= 11 is 0.657. The molecule has 0 bridgehead atoms. The first kappa shape index (κ1) is 25.3. The lowest BCUT2D eigenvalue weighted by Gasteiger charge is -2.15. The molecule has 0 saturated carbocycles. The number of hydrogen-bond acceptors (Lipinski definition) is 6. The second-order valence-electron chi connectivity index (χ2n) is 6.68. The Morgan fingerprint density at radius 3 is 2.53 bits per heavy atom. The van der Waals surface area contributed by atoms with E-state index in [2.05, 4.69) is 16.9 Å². The van der Waals surface area contributed by atoms with Gasteiger partial charge in [-0.3, -0.25) is 10.1 Å². The number of amides is 1. The van der Waals surface area contributed by atoms with E-state index in [0.717, 1.165) is 43.5 Å². The normalized spacial score (nSPS) is 12.3. The maximum absolute atomic E-state index is 14.0. The van der Waals surface area contributed by atoms with Crippen LogP contribution in [-0.4, -0.2) is 29.7 Å². The van der Waals surface area contributed by atoms with Crippen LogP contribution in [0.15, 0.2) is 49.1 Å². The number of rotatable bonds is 8. The predicted molar refractivity (Wildman–Crippen MR) is 115 cm³/mol. The molecule has 180 valence electrons. The van der Waals surface area contributed by atoms with Crippen molar-refractivity contribution in [3.05, 3.63) is 77.5 Å². The molecule has 0 aliphatic carbocycles. The molecule has 0 fully saturated rings. The molecule has 1 unspecified atom stereocenters. The van der Waals surface area contributed by atoms with E-state index < -0.39 is 41.1 Å². The van der Waals surface area contributed by atoms with Crippen LogP contribution in [0.25, 0.3) is 10.4 Å². The van der Waals surface area contributed by atoms with Crippen LogP contribution in [0.5, 0.6) is 5.75 Å². The molecular weight excluding hydrogens is 483 g/mol. The van der Waals surface area contributed by atoms with Crippen molar-refractivity contribution in [2.24, 2.45) is 0 Å². The van der Waals surface area contributed by atoms with Crippen molar-refractivity contribution in [3.63, 3.8) is 0 Å². The van der Waals surface area contributed by atoms with Gasteiger partial charge in [-0.2, -0.15) is 13.2 Å². The van der Waals surface area contributed by atoms with E-state index in [1.54, 1.807) is 0 Å². The van der Waals surface area contributed by atoms with Crippen molar-refractivity contribution in [2.75, 3.05) is 19.0 Å². The predicted octanol–water partition coefficient (Wildman–Crippen LogP) is 5.56. The van der Waals surface area contributed by atoms with Gasteiger partial charge in [0.1, 0.15) is 35.2 Å². The minimum atomic E-state index is -4.68. The molecule has 1 heterocycles. The summed E-state index contributed by atoms with van der Waals surface area (Å²) in [6.45, 7) is 3.46. The van der Waals surface area contributed by atoms with Gasteiger partial charge in [0.15, 0.2) is 11.4 Å². The summed E-state index contributed by atoms with van der Waals surface area (Å²) in [6, 6.07) is 5.55. The number of nitrogens with zero attached hydrogens (tertiary/aromatic N) is 1. The summed E-state index contributed by atoms with van der Waals surface area (Å²) in [5.74, 6) is -3.41. The van der Waals surface area contributed by atoms with E-state index in [0.29, 0.717) is 11.3 Å². The molecule has 2 N–H and O–H groups in total. The van der Waals surface area contributed by atoms with Crippen LogP contribution in [0.1, 0.15) is 27.9 Å². The van der Waals surface area contributed by atoms with Crippen LogP contribution in [0.4, 0.5) is 27.1 Å². The van der Waals surface area contributed by atoms with E-state index in [9.17, 15) is 31.9 Å². The molecule has 0 spiro atoms. The SMILES string of the molecule is C=CCOc1ccc(C(F)(F)F)cc1-c1sc(NC(=O)c2c(F)cccc2F)nc1C(O)OC. The fourth-order valence-corrected chi connectivity index (χ4v) is 3.89. The van der Waals surface area contributed by atoms with Gasteiger partial charge in [0.05, 0.1) is 10.4 Å². The average molecular weight is 500 g/mol. The highest BCUT2D eigenvalue weighted by atomic mass is 32.1. The van der Waals surface area contributed by atoms with Crippen molar-refractivity contribution >= 4 is 22.4 Å². The molecule has 34 heavy (non-hydrogen) atoms. The molecule has 6 nitrogen and oxygen atoms in total. The number of benzene rings is 2. The Labute approximate surface area is 194 Å². The number of ether oxygens (including phenoxy) is 2. The first-order valence-electron chi connectivity index (χ1n) is 9.49. The standard InChI is InChI=1S/C22H17F5N2O4S/c1-3-9-33-15-8-7-11(22(25,26)27)10-12(15)18-17(20(31)32-2)28-21(34-18)29-19(30)16-13(23)5-4-6-14(16)24/h3-8,10,20,31H,1,9H2,2H3,(H,28,29,30). The average Bonchev–Trinajstić information content (AvgIpc) is 3.19. The molecule has 0 radical (unpaired) electrons. The van der Waals surface area contributed by atoms with Crippen LogP contribution in [0, 0.1) is 11.6 Å². The quantitative estimate of drug-likeness (QED) is 0.241. The van der Waals surface area contributed by atoms with Gasteiger partial charge in [-0.15, -0.1) is 0 Å². The first-order chi connectivity index (χ1) is 16.1. The molecule has 0 aliphatic heterocycles. The lowest BCUT2D eigenvalue weighted by Crippen LogP contribution is -2.15. The Bertz CT molecular complexity index is 1190. The maximum atomic E-state index is 14.0. The number of alkyl halides is 3. The fourth-order valence-electron chi connectivity index (χ4n) is 2.89. The summed E-state index contributed by atoms with van der Waals surface area (Å²) in [5.41, 5.74) is -2.21. The summed E-state index contributed by atoms with van der Waals surface area (Å²) in [6.07, 6.45) is -4.99. The molecule has 1 atom stereocenters. The van der Waals surface area contributed by atoms with E-state index >= 15 is 0 Å². The van der Waals surface area contributed by atoms with Crippen LogP contribution in [0.3, 0.4) is 0 Å². The van der Waals surface area contributed by atoms with Crippen molar-refractivity contribution < 1.29 is 41.3 Å². The Morgan fingerprint density at radius 2 is 1.94 bits per heavy atom. The molecule has 3 rings (SSSR count). The highest BCUT2D eigenvalue weighted by molar-refractivity contribution is 7.19. The lowest BCUT2D eigenvalue weighted by atomic mass is 10.1. The van der Waals surface area contributed by atoms with E-state index in [4.69, 9.17) is 9.47 Å². The second-order valence-corrected chi connectivity index (χ2v) is 7.68. The Hall–Kier alpha value is -3.35. The lowest BCUT2D eigenvalue weighted by molar-refractivity contribution is -0.137. The summed E-state index contributed by atoms with van der Waals surface area (Å²) in [4.78, 5) is 16.4. The number of anilines is 1. The van der Waals surface area contributed by atoms with Gasteiger partial charge >= 0.3 is 6.18 Å². The van der Waals surface area contributed by atoms with Crippen molar-refractivity contribution in [3.8, 4) is 16.2 Å². The zero-order chi connectivity index (χ0) is 25.0. The zero-order valence-electron chi connectivity index (χ0n) is 17.5. The highest BCUT2D eigenvalue weighted by Crippen LogP contribution is 2.43. The number of aliphatic hydroxyl groups is 1. The Balaban J connectivity index is 2.11. The third-order valence-electron chi connectivity index (χ3n) is 4.43. The zero-order valence-corrected chi connectivity index (χ0v) is 18.3. The molecule has 2 aromatic carbocycles. The number of hydrogen-bond donors (Lipinski definition) is 2. The van der Waals surface area contributed by atoms with Gasteiger partial charge < -0.3 is 14.6 Å². The Kier molecular flexibility index (Phi) is 7.64. The monoisotopic (exact) mass is 500 g/mol. The third-order valence-corrected chi connectivity index (χ3v) is 5.45. The summed E-state index contributed by atoms with van der Waals surface area (Å²) < 4.78 is 78.3. The Morgan fingerprint density at radius 1 is 1.26 bits per heavy atom. The van der Waals surface area contributed by atoms with E-state index in [-0.39, 0.29) is 33.6 Å². The molecule has 0 aliphatic rings. The molecule has 3 aromatic rings. The van der Waals surface area contributed by atoms with Crippen LogP contribution in [0.2, 0.25) is 0 Å². The van der Waals surface area contributed by atoms with Gasteiger partial charge in [-0.05, 0) is 30.3 Å². The number of halogens is 5. The minimum Gasteiger partial charge on any atom is -0.489 e. The molecular formula is C22H17F5N2O4S. The van der Waals surface area contributed by atoms with E-state index in [1.165, 1.54) is 6.08 Å².